The van der Waals surface area contributed by atoms with Gasteiger partial charge in [-0.2, -0.15) is 0 Å². The Hall–Kier alpha value is -0.570. The van der Waals surface area contributed by atoms with Crippen LogP contribution in [0.1, 0.15) is 32.3 Å². The van der Waals surface area contributed by atoms with Gasteiger partial charge in [-0.3, -0.25) is 0 Å². The third-order valence-corrected chi connectivity index (χ3v) is 3.17. The highest BCUT2D eigenvalue weighted by atomic mass is 79.9. The van der Waals surface area contributed by atoms with Gasteiger partial charge in [0.15, 0.2) is 0 Å². The number of nitrogens with zero attached hydrogens (tertiary/aromatic N) is 1. The lowest BCUT2D eigenvalue weighted by molar-refractivity contribution is 0.618. The van der Waals surface area contributed by atoms with Crippen LogP contribution in [-0.4, -0.2) is 13.1 Å². The van der Waals surface area contributed by atoms with Crippen LogP contribution in [0.3, 0.4) is 0 Å². The first-order valence-corrected chi connectivity index (χ1v) is 6.60. The molecule has 0 heterocycles. The molecule has 0 amide bonds. The second-order valence-electron chi connectivity index (χ2n) is 4.04. The number of benzene rings is 1. The van der Waals surface area contributed by atoms with E-state index in [2.05, 4.69) is 34.7 Å². The zero-order chi connectivity index (χ0) is 12.1. The summed E-state index contributed by atoms with van der Waals surface area (Å²) in [7, 11) is 0. The van der Waals surface area contributed by atoms with Gasteiger partial charge in [-0.05, 0) is 53.4 Å². The summed E-state index contributed by atoms with van der Waals surface area (Å²) in [4.78, 5) is 2.25. The second kappa shape index (κ2) is 6.24. The molecular formula is C13H19BrFN. The monoisotopic (exact) mass is 287 g/mol. The van der Waals surface area contributed by atoms with Crippen LogP contribution in [0.25, 0.3) is 0 Å². The molecule has 0 saturated carbocycles. The van der Waals surface area contributed by atoms with Crippen molar-refractivity contribution in [2.75, 3.05) is 18.0 Å². The predicted molar refractivity (Wildman–Crippen MR) is 71.6 cm³/mol. The van der Waals surface area contributed by atoms with Crippen LogP contribution in [0, 0.1) is 12.7 Å². The molecule has 0 aliphatic carbocycles. The van der Waals surface area contributed by atoms with Gasteiger partial charge >= 0.3 is 0 Å². The molecule has 90 valence electrons. The molecule has 0 bridgehead atoms. The highest BCUT2D eigenvalue weighted by Crippen LogP contribution is 2.27. The molecule has 0 saturated heterocycles. The van der Waals surface area contributed by atoms with Crippen molar-refractivity contribution in [1.82, 2.24) is 0 Å². The van der Waals surface area contributed by atoms with Gasteiger partial charge in [-0.25, -0.2) is 4.39 Å². The average molecular weight is 288 g/mol. The van der Waals surface area contributed by atoms with Gasteiger partial charge < -0.3 is 4.90 Å². The highest BCUT2D eigenvalue weighted by molar-refractivity contribution is 9.10. The minimum atomic E-state index is -0.183. The predicted octanol–water partition coefficient (Wildman–Crippen LogP) is 4.52. The molecular weight excluding hydrogens is 269 g/mol. The van der Waals surface area contributed by atoms with Gasteiger partial charge in [0.1, 0.15) is 5.82 Å². The Morgan fingerprint density at radius 3 is 2.25 bits per heavy atom. The van der Waals surface area contributed by atoms with Gasteiger partial charge in [0, 0.05) is 18.8 Å². The van der Waals surface area contributed by atoms with Crippen molar-refractivity contribution in [2.45, 2.75) is 33.6 Å². The van der Waals surface area contributed by atoms with Gasteiger partial charge in [0.2, 0.25) is 0 Å². The van der Waals surface area contributed by atoms with Crippen LogP contribution in [0.5, 0.6) is 0 Å². The van der Waals surface area contributed by atoms with Crippen LogP contribution in [0.4, 0.5) is 10.1 Å². The fourth-order valence-corrected chi connectivity index (χ4v) is 2.33. The number of hydrogen-bond acceptors (Lipinski definition) is 1. The first-order chi connectivity index (χ1) is 7.60. The summed E-state index contributed by atoms with van der Waals surface area (Å²) in [5, 5.41) is 0. The van der Waals surface area contributed by atoms with E-state index in [-0.39, 0.29) is 5.82 Å². The number of rotatable bonds is 5. The van der Waals surface area contributed by atoms with E-state index in [1.807, 2.05) is 13.0 Å². The Morgan fingerprint density at radius 2 is 1.75 bits per heavy atom. The minimum absolute atomic E-state index is 0.183. The summed E-state index contributed by atoms with van der Waals surface area (Å²) < 4.78 is 14.1. The maximum absolute atomic E-state index is 13.5. The standard InChI is InChI=1S/C13H19BrFN/c1-4-6-16(7-5-2)13-9-12(15)11(14)8-10(13)3/h8-9H,4-7H2,1-3H3. The molecule has 0 spiro atoms. The second-order valence-corrected chi connectivity index (χ2v) is 4.89. The molecule has 1 aromatic rings. The zero-order valence-electron chi connectivity index (χ0n) is 10.2. The molecule has 0 unspecified atom stereocenters. The summed E-state index contributed by atoms with van der Waals surface area (Å²) in [5.41, 5.74) is 2.14. The summed E-state index contributed by atoms with van der Waals surface area (Å²) in [6, 6.07) is 3.48. The Kier molecular flexibility index (Phi) is 5.26. The number of aryl methyl sites for hydroxylation is 1. The number of halogens is 2. The Bertz CT molecular complexity index is 346. The average Bonchev–Trinajstić information content (AvgIpc) is 2.23. The number of anilines is 1. The van der Waals surface area contributed by atoms with E-state index in [0.717, 1.165) is 37.2 Å². The summed E-state index contributed by atoms with van der Waals surface area (Å²) in [6.07, 6.45) is 2.16. The molecule has 0 N–H and O–H groups in total. The Morgan fingerprint density at radius 1 is 1.19 bits per heavy atom. The summed E-state index contributed by atoms with van der Waals surface area (Å²) in [5.74, 6) is -0.183. The summed E-state index contributed by atoms with van der Waals surface area (Å²) in [6.45, 7) is 8.28. The van der Waals surface area contributed by atoms with Gasteiger partial charge in [-0.15, -0.1) is 0 Å². The lowest BCUT2D eigenvalue weighted by Crippen LogP contribution is -2.25. The fraction of sp³-hybridized carbons (Fsp3) is 0.538. The normalized spacial score (nSPS) is 10.6. The van der Waals surface area contributed by atoms with Crippen LogP contribution in [0.15, 0.2) is 16.6 Å². The molecule has 1 rings (SSSR count). The van der Waals surface area contributed by atoms with E-state index in [9.17, 15) is 4.39 Å². The van der Waals surface area contributed by atoms with E-state index in [1.165, 1.54) is 0 Å². The van der Waals surface area contributed by atoms with E-state index in [1.54, 1.807) is 6.07 Å². The first kappa shape index (κ1) is 13.5. The SMILES string of the molecule is CCCN(CCC)c1cc(F)c(Br)cc1C. The van der Waals surface area contributed by atoms with Crippen molar-refractivity contribution in [1.29, 1.82) is 0 Å². The topological polar surface area (TPSA) is 3.24 Å². The summed E-state index contributed by atoms with van der Waals surface area (Å²) >= 11 is 3.21. The number of hydrogen-bond donors (Lipinski definition) is 0. The largest absolute Gasteiger partial charge is 0.371 e. The lowest BCUT2D eigenvalue weighted by atomic mass is 10.1. The van der Waals surface area contributed by atoms with Crippen molar-refractivity contribution < 1.29 is 4.39 Å². The molecule has 0 radical (unpaired) electrons. The van der Waals surface area contributed by atoms with Crippen LogP contribution >= 0.6 is 15.9 Å². The van der Waals surface area contributed by atoms with Gasteiger partial charge in [-0.1, -0.05) is 13.8 Å². The third kappa shape index (κ3) is 3.21. The molecule has 0 aromatic heterocycles. The highest BCUT2D eigenvalue weighted by Gasteiger charge is 2.11. The van der Waals surface area contributed by atoms with Crippen molar-refractivity contribution in [3.05, 3.63) is 28.0 Å². The van der Waals surface area contributed by atoms with E-state index in [0.29, 0.717) is 4.47 Å². The minimum Gasteiger partial charge on any atom is -0.371 e. The molecule has 3 heteroatoms. The van der Waals surface area contributed by atoms with Crippen LogP contribution < -0.4 is 4.90 Å². The molecule has 0 fully saturated rings. The first-order valence-electron chi connectivity index (χ1n) is 5.80. The van der Waals surface area contributed by atoms with E-state index >= 15 is 0 Å². The Balaban J connectivity index is 3.03. The molecule has 0 aliphatic heterocycles. The molecule has 1 aromatic carbocycles. The Labute approximate surface area is 106 Å². The third-order valence-electron chi connectivity index (χ3n) is 2.57. The zero-order valence-corrected chi connectivity index (χ0v) is 11.8. The van der Waals surface area contributed by atoms with Crippen LogP contribution in [-0.2, 0) is 0 Å². The van der Waals surface area contributed by atoms with Crippen molar-refractivity contribution in [3.8, 4) is 0 Å². The lowest BCUT2D eigenvalue weighted by Gasteiger charge is -2.25. The van der Waals surface area contributed by atoms with Crippen LogP contribution in [0.2, 0.25) is 0 Å². The van der Waals surface area contributed by atoms with Crippen molar-refractivity contribution in [2.24, 2.45) is 0 Å². The smallest absolute Gasteiger partial charge is 0.139 e. The maximum Gasteiger partial charge on any atom is 0.139 e. The van der Waals surface area contributed by atoms with Crippen molar-refractivity contribution >= 4 is 21.6 Å². The fourth-order valence-electron chi connectivity index (χ4n) is 1.87. The molecule has 16 heavy (non-hydrogen) atoms. The van der Waals surface area contributed by atoms with E-state index in [4.69, 9.17) is 0 Å². The van der Waals surface area contributed by atoms with Gasteiger partial charge in [0.25, 0.3) is 0 Å². The molecule has 0 atom stereocenters. The quantitative estimate of drug-likeness (QED) is 0.769. The molecule has 0 aliphatic rings. The van der Waals surface area contributed by atoms with Crippen molar-refractivity contribution in [3.63, 3.8) is 0 Å². The maximum atomic E-state index is 13.5. The van der Waals surface area contributed by atoms with Gasteiger partial charge in [0.05, 0.1) is 4.47 Å². The molecule has 1 nitrogen and oxygen atoms in total. The van der Waals surface area contributed by atoms with E-state index < -0.39 is 0 Å².